The maximum absolute atomic E-state index is 14.5. The highest BCUT2D eigenvalue weighted by molar-refractivity contribution is 6.24. The van der Waals surface area contributed by atoms with Crippen LogP contribution in [0.15, 0.2) is 97.1 Å². The van der Waals surface area contributed by atoms with E-state index in [1.807, 2.05) is 48.7 Å². The van der Waals surface area contributed by atoms with Gasteiger partial charge in [0.05, 0.1) is 120 Å². The minimum Gasteiger partial charge on any atom is -0.491 e. The normalized spacial score (nSPS) is 14.7. The molecule has 0 spiro atoms. The monoisotopic (exact) mass is 1200 g/mol. The van der Waals surface area contributed by atoms with Crippen LogP contribution in [0.5, 0.6) is 11.5 Å². The molecule has 1 fully saturated rings. The maximum Gasteiger partial charge on any atom is 0.305 e. The van der Waals surface area contributed by atoms with E-state index in [1.165, 1.54) is 30.3 Å². The number of nitrogens with zero attached hydrogens (tertiary/aromatic N) is 2. The third-order valence-corrected chi connectivity index (χ3v) is 13.7. The Kier molecular flexibility index (Phi) is 25.7. The Balaban J connectivity index is 0.739. The number of carboxylic acids is 1. The number of rotatable bonds is 38. The number of nitrogens with one attached hydrogen (secondary N) is 3. The van der Waals surface area contributed by atoms with E-state index in [0.717, 1.165) is 4.90 Å². The number of ether oxygens (including phenoxy) is 8. The van der Waals surface area contributed by atoms with Gasteiger partial charge in [0.15, 0.2) is 6.61 Å². The van der Waals surface area contributed by atoms with Gasteiger partial charge in [0.25, 0.3) is 23.6 Å². The second-order valence-electron chi connectivity index (χ2n) is 20.4. The van der Waals surface area contributed by atoms with Crippen LogP contribution in [-0.2, 0) is 54.1 Å². The van der Waals surface area contributed by atoms with Gasteiger partial charge in [-0.05, 0) is 97.0 Å². The molecule has 3 unspecified atom stereocenters. The molecule has 5 aromatic rings. The summed E-state index contributed by atoms with van der Waals surface area (Å²) in [6.45, 7) is 8.06. The van der Waals surface area contributed by atoms with Crippen molar-refractivity contribution >= 4 is 47.1 Å². The Hall–Kier alpha value is -7.94. The van der Waals surface area contributed by atoms with E-state index < -0.39 is 72.6 Å². The largest absolute Gasteiger partial charge is 0.491 e. The molecular formula is C62H74FN5O18. The number of fused-ring (bicyclic) bond motifs is 1. The van der Waals surface area contributed by atoms with E-state index in [1.54, 1.807) is 36.4 Å². The Morgan fingerprint density at radius 2 is 1.27 bits per heavy atom. The van der Waals surface area contributed by atoms with Crippen LogP contribution in [0.4, 0.5) is 10.1 Å². The lowest BCUT2D eigenvalue weighted by Crippen LogP contribution is -2.54. The van der Waals surface area contributed by atoms with Crippen molar-refractivity contribution in [2.75, 3.05) is 104 Å². The van der Waals surface area contributed by atoms with Crippen molar-refractivity contribution < 1.29 is 91.2 Å². The summed E-state index contributed by atoms with van der Waals surface area (Å²) in [4.78, 5) is 89.2. The number of halogens is 1. The van der Waals surface area contributed by atoms with Crippen molar-refractivity contribution in [2.45, 2.75) is 76.7 Å². The molecule has 7 rings (SSSR count). The van der Waals surface area contributed by atoms with Crippen LogP contribution in [0, 0.1) is 5.82 Å². The molecule has 462 valence electrons. The first-order valence-electron chi connectivity index (χ1n) is 28.5. The first-order chi connectivity index (χ1) is 41.6. The van der Waals surface area contributed by atoms with E-state index in [0.29, 0.717) is 111 Å². The van der Waals surface area contributed by atoms with Crippen LogP contribution >= 0.6 is 0 Å². The van der Waals surface area contributed by atoms with Gasteiger partial charge in [0.2, 0.25) is 11.8 Å². The van der Waals surface area contributed by atoms with E-state index in [4.69, 9.17) is 43.0 Å². The third-order valence-electron chi connectivity index (χ3n) is 13.7. The number of carbonyl (C=O) groups excluding carboxylic acids is 6. The molecule has 1 aromatic heterocycles. The summed E-state index contributed by atoms with van der Waals surface area (Å²) in [5.41, 5.74) is 4.14. The van der Waals surface area contributed by atoms with E-state index in [9.17, 15) is 48.2 Å². The fraction of sp³-hybridized carbons (Fsp3) is 0.435. The summed E-state index contributed by atoms with van der Waals surface area (Å²) in [6, 6.07) is 25.5. The number of aliphatic hydroxyl groups is 2. The molecule has 6 N–H and O–H groups in total. The number of hydrogen-bond acceptors (Lipinski definition) is 17. The molecule has 0 radical (unpaired) electrons. The van der Waals surface area contributed by atoms with Crippen molar-refractivity contribution in [2.24, 2.45) is 0 Å². The average molecular weight is 1200 g/mol. The molecule has 4 aromatic carbocycles. The molecule has 0 bridgehead atoms. The standard InChI is InChI=1S/C62H74FN5O18/c1-40(2)57-56(60(76)65-44-7-4-3-5-8-44)54(58(42-11-15-43(63)16-12-42)67(57)23-21-45(69)37-46(70)38-53(73)74)41-13-17-47(18-14-41)85-36-35-84-34-33-83-32-31-82-30-29-81-28-27-80-26-25-79-24-22-64-52(72)39-86-50-10-6-9-48-55(50)62(78)68(61(48)77)49-19-20-51(71)66-59(49)75/h3-18,40,45-46,49,69-70H,19-39H2,1-2H3,(H,64,72)(H,65,76)(H,73,74)(H,66,71,75). The first kappa shape index (κ1) is 65.6. The SMILES string of the molecule is CC(C)c1c(C(=O)Nc2ccccc2)c(-c2ccc(OCCOCCOCCOCCOCCOCCOCCNC(=O)COc3cccc4c3C(=O)N(C3CCC(=O)NC3=O)C4=O)cc2)c(-c2ccc(F)cc2)n1CCC(O)CC(O)CC(=O)O. The second-order valence-corrected chi connectivity index (χ2v) is 20.4. The second kappa shape index (κ2) is 33.7. The zero-order valence-corrected chi connectivity index (χ0v) is 48.1. The van der Waals surface area contributed by atoms with Crippen LogP contribution in [0.1, 0.15) is 88.6 Å². The van der Waals surface area contributed by atoms with Gasteiger partial charge in [0, 0.05) is 36.5 Å². The lowest BCUT2D eigenvalue weighted by Gasteiger charge is -2.27. The molecule has 6 amide bonds. The summed E-state index contributed by atoms with van der Waals surface area (Å²) in [5.74, 6) is -4.72. The highest BCUT2D eigenvalue weighted by atomic mass is 19.1. The van der Waals surface area contributed by atoms with Crippen LogP contribution < -0.4 is 25.4 Å². The van der Waals surface area contributed by atoms with E-state index in [2.05, 4.69) is 16.0 Å². The topological polar surface area (TPSA) is 298 Å². The lowest BCUT2D eigenvalue weighted by atomic mass is 9.94. The van der Waals surface area contributed by atoms with Crippen molar-refractivity contribution in [3.8, 4) is 33.9 Å². The van der Waals surface area contributed by atoms with Gasteiger partial charge in [-0.25, -0.2) is 4.39 Å². The molecule has 86 heavy (non-hydrogen) atoms. The summed E-state index contributed by atoms with van der Waals surface area (Å²) in [7, 11) is 0. The predicted molar refractivity (Wildman–Crippen MR) is 309 cm³/mol. The van der Waals surface area contributed by atoms with Crippen LogP contribution in [0.2, 0.25) is 0 Å². The fourth-order valence-electron chi connectivity index (χ4n) is 9.80. The molecule has 0 aliphatic carbocycles. The van der Waals surface area contributed by atoms with Gasteiger partial charge in [0.1, 0.15) is 30.0 Å². The predicted octanol–water partition coefficient (Wildman–Crippen LogP) is 5.39. The quantitative estimate of drug-likeness (QED) is 0.0213. The average Bonchev–Trinajstić information content (AvgIpc) is 1.70. The number of aromatic nitrogens is 1. The molecule has 2 aliphatic heterocycles. The number of hydrogen-bond donors (Lipinski definition) is 6. The van der Waals surface area contributed by atoms with Gasteiger partial charge >= 0.3 is 5.97 Å². The molecule has 2 aliphatic rings. The van der Waals surface area contributed by atoms with Crippen LogP contribution in [0.25, 0.3) is 22.4 Å². The Morgan fingerprint density at radius 1 is 0.674 bits per heavy atom. The number of carbonyl (C=O) groups is 7. The van der Waals surface area contributed by atoms with Crippen LogP contribution in [-0.4, -0.2) is 183 Å². The fourth-order valence-corrected chi connectivity index (χ4v) is 9.80. The van der Waals surface area contributed by atoms with Gasteiger partial charge in [-0.3, -0.25) is 43.8 Å². The Labute approximate surface area is 496 Å². The number of imide groups is 2. The third kappa shape index (κ3) is 19.0. The zero-order valence-electron chi connectivity index (χ0n) is 48.1. The summed E-state index contributed by atoms with van der Waals surface area (Å²) in [5, 5.41) is 38.3. The number of aliphatic carboxylic acids is 1. The maximum atomic E-state index is 14.5. The molecule has 0 saturated carbocycles. The number of anilines is 1. The molecule has 24 heteroatoms. The zero-order chi connectivity index (χ0) is 61.4. The minimum absolute atomic E-state index is 0.00715. The van der Waals surface area contributed by atoms with Crippen molar-refractivity contribution in [3.05, 3.63) is 125 Å². The molecule has 3 atom stereocenters. The highest BCUT2D eigenvalue weighted by Crippen LogP contribution is 2.43. The molecule has 3 heterocycles. The molecular weight excluding hydrogens is 1120 g/mol. The number of benzene rings is 4. The summed E-state index contributed by atoms with van der Waals surface area (Å²) < 4.78 is 61.4. The number of para-hydroxylation sites is 1. The minimum atomic E-state index is -1.25. The number of carboxylic acid groups (broad SMARTS) is 1. The van der Waals surface area contributed by atoms with Gasteiger partial charge in [-0.1, -0.05) is 50.2 Å². The van der Waals surface area contributed by atoms with E-state index in [-0.39, 0.29) is 87.3 Å². The van der Waals surface area contributed by atoms with Gasteiger partial charge in [-0.15, -0.1) is 0 Å². The van der Waals surface area contributed by atoms with Crippen LogP contribution in [0.3, 0.4) is 0 Å². The summed E-state index contributed by atoms with van der Waals surface area (Å²) in [6.07, 6.45) is -2.83. The van der Waals surface area contributed by atoms with Gasteiger partial charge in [-0.2, -0.15) is 0 Å². The van der Waals surface area contributed by atoms with E-state index >= 15 is 0 Å². The van der Waals surface area contributed by atoms with Gasteiger partial charge < -0.3 is 68.4 Å². The smallest absolute Gasteiger partial charge is 0.305 e. The first-order valence-corrected chi connectivity index (χ1v) is 28.5. The molecule has 23 nitrogen and oxygen atoms in total. The number of aliphatic hydroxyl groups excluding tert-OH is 2. The Morgan fingerprint density at radius 3 is 1.86 bits per heavy atom. The highest BCUT2D eigenvalue weighted by Gasteiger charge is 2.46. The molecule has 1 saturated heterocycles. The lowest BCUT2D eigenvalue weighted by molar-refractivity contribution is -0.140. The van der Waals surface area contributed by atoms with Crippen molar-refractivity contribution in [1.82, 2.24) is 20.1 Å². The Bertz CT molecular complexity index is 3070. The van der Waals surface area contributed by atoms with Crippen molar-refractivity contribution in [3.63, 3.8) is 0 Å². The number of amides is 6. The van der Waals surface area contributed by atoms with Crippen molar-refractivity contribution in [1.29, 1.82) is 0 Å². The summed E-state index contributed by atoms with van der Waals surface area (Å²) >= 11 is 0. The number of piperidine rings is 1.